The summed E-state index contributed by atoms with van der Waals surface area (Å²) >= 11 is 0. The highest BCUT2D eigenvalue weighted by Crippen LogP contribution is 2.05. The number of hydrogen-bond acceptors (Lipinski definition) is 3. The monoisotopic (exact) mass is 131 g/mol. The Hall–Kier alpha value is -0.0551. The Morgan fingerprint density at radius 2 is 1.78 bits per heavy atom. The summed E-state index contributed by atoms with van der Waals surface area (Å²) in [4.78, 5) is 2.03. The lowest BCUT2D eigenvalue weighted by Crippen LogP contribution is -2.46. The first kappa shape index (κ1) is 8.94. The van der Waals surface area contributed by atoms with Gasteiger partial charge in [0.2, 0.25) is 0 Å². The van der Waals surface area contributed by atoms with E-state index in [4.69, 9.17) is 10.1 Å². The summed E-state index contributed by atoms with van der Waals surface area (Å²) < 4.78 is 0. The van der Waals surface area contributed by atoms with Gasteiger partial charge in [0.15, 0.2) is 0 Å². The van der Waals surface area contributed by atoms with Gasteiger partial charge in [0, 0.05) is 7.11 Å². The van der Waals surface area contributed by atoms with E-state index in [1.807, 2.05) is 4.81 Å². The van der Waals surface area contributed by atoms with E-state index in [2.05, 4.69) is 0 Å². The van der Waals surface area contributed by atoms with Gasteiger partial charge in [-0.25, -0.2) is 0 Å². The van der Waals surface area contributed by atoms with Crippen LogP contribution in [-0.4, -0.2) is 42.2 Å². The lowest BCUT2D eigenvalue weighted by atomic mass is 9.82. The van der Waals surface area contributed by atoms with Gasteiger partial charge in [0.25, 0.3) is 0 Å². The molecule has 1 aliphatic rings. The molecule has 3 nitrogen and oxygen atoms in total. The third kappa shape index (κ3) is 2.84. The van der Waals surface area contributed by atoms with E-state index >= 15 is 0 Å². The fourth-order valence-electron chi connectivity index (χ4n) is 0.714. The predicted octanol–water partition coefficient (Wildman–Crippen LogP) is -0.589. The smallest absolute Gasteiger partial charge is 0.376 e. The Bertz CT molecular complexity index is 66.0. The van der Waals surface area contributed by atoms with Crippen molar-refractivity contribution in [2.24, 2.45) is 0 Å². The first-order valence-electron chi connectivity index (χ1n) is 3.17. The lowest BCUT2D eigenvalue weighted by Gasteiger charge is -2.31. The average molecular weight is 131 g/mol. The third-order valence-corrected chi connectivity index (χ3v) is 1.42. The minimum Gasteiger partial charge on any atom is -0.437 e. The van der Waals surface area contributed by atoms with E-state index < -0.39 is 0 Å². The van der Waals surface area contributed by atoms with Crippen LogP contribution in [0.5, 0.6) is 0 Å². The first-order chi connectivity index (χ1) is 4.30. The Balaban J connectivity index is 0.000000291. The molecule has 0 atom stereocenters. The minimum absolute atomic E-state index is 0.214. The molecule has 4 heteroatoms. The summed E-state index contributed by atoms with van der Waals surface area (Å²) in [5.74, 6) is 0. The quantitative estimate of drug-likeness (QED) is 0.467. The summed E-state index contributed by atoms with van der Waals surface area (Å²) in [6.07, 6.45) is 1.25. The van der Waals surface area contributed by atoms with Crippen LogP contribution in [0.2, 0.25) is 6.82 Å². The molecule has 0 aromatic heterocycles. The van der Waals surface area contributed by atoms with Crippen LogP contribution in [-0.2, 0) is 0 Å². The summed E-state index contributed by atoms with van der Waals surface area (Å²) in [5.41, 5.74) is 0. The molecule has 0 saturated carbocycles. The van der Waals surface area contributed by atoms with Gasteiger partial charge < -0.3 is 14.9 Å². The van der Waals surface area contributed by atoms with Crippen LogP contribution in [0.1, 0.15) is 6.42 Å². The van der Waals surface area contributed by atoms with Crippen LogP contribution < -0.4 is 0 Å². The van der Waals surface area contributed by atoms with Crippen molar-refractivity contribution in [2.75, 3.05) is 20.2 Å². The molecule has 0 aromatic carbocycles. The molecule has 0 aliphatic carbocycles. The molecule has 0 amide bonds. The zero-order valence-corrected chi connectivity index (χ0v) is 6.04. The van der Waals surface area contributed by atoms with Gasteiger partial charge in [0.05, 0.1) is 0 Å². The molecule has 1 fully saturated rings. The maximum absolute atomic E-state index is 8.80. The second-order valence-electron chi connectivity index (χ2n) is 2.02. The molecule has 0 bridgehead atoms. The topological polar surface area (TPSA) is 43.7 Å². The highest BCUT2D eigenvalue weighted by Gasteiger charge is 2.21. The van der Waals surface area contributed by atoms with E-state index in [1.165, 1.54) is 6.42 Å². The molecule has 1 heterocycles. The van der Waals surface area contributed by atoms with Crippen LogP contribution in [0.15, 0.2) is 0 Å². The molecular weight excluding hydrogens is 117 g/mol. The molecular formula is C5H14BNO2. The molecule has 54 valence electrons. The van der Waals surface area contributed by atoms with Crippen molar-refractivity contribution in [3.8, 4) is 0 Å². The summed E-state index contributed by atoms with van der Waals surface area (Å²) in [6, 6.07) is 0. The fourth-order valence-corrected chi connectivity index (χ4v) is 0.714. The number of aliphatic hydroxyl groups is 1. The Labute approximate surface area is 56.4 Å². The van der Waals surface area contributed by atoms with Crippen molar-refractivity contribution < 1.29 is 10.1 Å². The number of nitrogens with zero attached hydrogens (tertiary/aromatic N) is 1. The fraction of sp³-hybridized carbons (Fsp3) is 1.00. The summed E-state index contributed by atoms with van der Waals surface area (Å²) in [7, 11) is 0.786. The Kier molecular flexibility index (Phi) is 4.76. The van der Waals surface area contributed by atoms with E-state index in [-0.39, 0.29) is 7.05 Å². The summed E-state index contributed by atoms with van der Waals surface area (Å²) in [5, 5.41) is 15.8. The maximum atomic E-state index is 8.80. The SMILES string of the molecule is CB(O)N1CCC1.CO. The molecule has 0 spiro atoms. The predicted molar refractivity (Wildman–Crippen MR) is 38.2 cm³/mol. The largest absolute Gasteiger partial charge is 0.437 e. The molecule has 0 aromatic rings. The number of aliphatic hydroxyl groups excluding tert-OH is 1. The van der Waals surface area contributed by atoms with E-state index in [9.17, 15) is 0 Å². The van der Waals surface area contributed by atoms with Gasteiger partial charge in [-0.2, -0.15) is 0 Å². The minimum atomic E-state index is -0.214. The van der Waals surface area contributed by atoms with Gasteiger partial charge in [-0.3, -0.25) is 0 Å². The normalized spacial score (nSPS) is 17.3. The molecule has 9 heavy (non-hydrogen) atoms. The highest BCUT2D eigenvalue weighted by molar-refractivity contribution is 6.45. The zero-order valence-electron chi connectivity index (χ0n) is 6.04. The molecule has 0 unspecified atom stereocenters. The molecule has 1 rings (SSSR count). The van der Waals surface area contributed by atoms with Crippen molar-refractivity contribution in [2.45, 2.75) is 13.2 Å². The average Bonchev–Trinajstić information content (AvgIpc) is 1.65. The Morgan fingerprint density at radius 3 is 1.78 bits per heavy atom. The van der Waals surface area contributed by atoms with Crippen LogP contribution in [0, 0.1) is 0 Å². The van der Waals surface area contributed by atoms with E-state index in [0.717, 1.165) is 20.2 Å². The Morgan fingerprint density at radius 1 is 1.33 bits per heavy atom. The maximum Gasteiger partial charge on any atom is 0.376 e. The van der Waals surface area contributed by atoms with Crippen LogP contribution >= 0.6 is 0 Å². The van der Waals surface area contributed by atoms with E-state index in [1.54, 1.807) is 6.82 Å². The molecule has 0 radical (unpaired) electrons. The van der Waals surface area contributed by atoms with Crippen molar-refractivity contribution in [1.82, 2.24) is 4.81 Å². The van der Waals surface area contributed by atoms with Gasteiger partial charge in [0.1, 0.15) is 0 Å². The van der Waals surface area contributed by atoms with Crippen molar-refractivity contribution in [3.63, 3.8) is 0 Å². The van der Waals surface area contributed by atoms with E-state index in [0.29, 0.717) is 0 Å². The molecule has 1 saturated heterocycles. The lowest BCUT2D eigenvalue weighted by molar-refractivity contribution is 0.272. The molecule has 1 aliphatic heterocycles. The standard InChI is InChI=1S/C4H10BNO.CH4O/c1-5(7)6-3-2-4-6;1-2/h7H,2-4H2,1H3;2H,1H3. The van der Waals surface area contributed by atoms with Crippen LogP contribution in [0.25, 0.3) is 0 Å². The van der Waals surface area contributed by atoms with Gasteiger partial charge >= 0.3 is 7.05 Å². The van der Waals surface area contributed by atoms with Crippen molar-refractivity contribution >= 4 is 7.05 Å². The number of rotatable bonds is 1. The second kappa shape index (κ2) is 4.79. The van der Waals surface area contributed by atoms with Crippen molar-refractivity contribution in [1.29, 1.82) is 0 Å². The second-order valence-corrected chi connectivity index (χ2v) is 2.02. The third-order valence-electron chi connectivity index (χ3n) is 1.42. The molecule has 2 N–H and O–H groups in total. The highest BCUT2D eigenvalue weighted by atomic mass is 16.2. The number of hydrogen-bond donors (Lipinski definition) is 2. The van der Waals surface area contributed by atoms with Gasteiger partial charge in [-0.1, -0.05) is 0 Å². The zero-order chi connectivity index (χ0) is 7.28. The summed E-state index contributed by atoms with van der Waals surface area (Å²) in [6.45, 7) is 3.97. The van der Waals surface area contributed by atoms with Crippen LogP contribution in [0.4, 0.5) is 0 Å². The first-order valence-corrected chi connectivity index (χ1v) is 3.17. The van der Waals surface area contributed by atoms with Gasteiger partial charge in [-0.15, -0.1) is 0 Å². The van der Waals surface area contributed by atoms with Gasteiger partial charge in [-0.05, 0) is 26.3 Å². The van der Waals surface area contributed by atoms with Crippen LogP contribution in [0.3, 0.4) is 0 Å². The van der Waals surface area contributed by atoms with Crippen molar-refractivity contribution in [3.05, 3.63) is 0 Å².